The second kappa shape index (κ2) is 8.95. The molecule has 2 aliphatic rings. The average Bonchev–Trinajstić information content (AvgIpc) is 2.82. The van der Waals surface area contributed by atoms with E-state index in [1.54, 1.807) is 6.07 Å². The van der Waals surface area contributed by atoms with Gasteiger partial charge in [0.1, 0.15) is 5.82 Å². The van der Waals surface area contributed by atoms with E-state index in [0.717, 1.165) is 31.2 Å². The van der Waals surface area contributed by atoms with Crippen LogP contribution in [0.5, 0.6) is 0 Å². The molecule has 1 aromatic rings. The van der Waals surface area contributed by atoms with E-state index in [1.165, 1.54) is 25.0 Å². The second-order valence-electron chi connectivity index (χ2n) is 10.0. The Hall–Kier alpha value is -1.75. The molecule has 1 unspecified atom stereocenters. The fourth-order valence-electron chi connectivity index (χ4n) is 5.10. The molecular weight excluding hydrogens is 367 g/mol. The Morgan fingerprint density at radius 1 is 1.14 bits per heavy atom. The number of hydrogen-bond donors (Lipinski definition) is 1. The number of aryl methyl sites for hydroxylation is 1. The lowest BCUT2D eigenvalue weighted by atomic mass is 9.86. The molecule has 2 saturated heterocycles. The molecule has 4 nitrogen and oxygen atoms in total. The lowest BCUT2D eigenvalue weighted by Crippen LogP contribution is -2.51. The summed E-state index contributed by atoms with van der Waals surface area (Å²) in [4.78, 5) is 27.1. The highest BCUT2D eigenvalue weighted by atomic mass is 19.1. The minimum absolute atomic E-state index is 0.0341. The van der Waals surface area contributed by atoms with Crippen molar-refractivity contribution >= 4 is 11.7 Å². The number of carbonyl (C=O) groups excluding carboxylic acids is 2. The number of nitrogens with one attached hydrogen (secondary N) is 1. The number of ketones is 1. The third-order valence-electron chi connectivity index (χ3n) is 6.20. The highest BCUT2D eigenvalue weighted by Crippen LogP contribution is 2.40. The largest absolute Gasteiger partial charge is 0.350 e. The molecule has 0 radical (unpaired) electrons. The zero-order chi connectivity index (χ0) is 21.2. The van der Waals surface area contributed by atoms with Crippen LogP contribution in [0.2, 0.25) is 0 Å². The van der Waals surface area contributed by atoms with Gasteiger partial charge in [0.2, 0.25) is 5.91 Å². The first-order valence-electron chi connectivity index (χ1n) is 11.0. The van der Waals surface area contributed by atoms with E-state index < -0.39 is 0 Å². The maximum absolute atomic E-state index is 13.5. The summed E-state index contributed by atoms with van der Waals surface area (Å²) < 4.78 is 13.5. The number of benzene rings is 1. The van der Waals surface area contributed by atoms with Gasteiger partial charge in [0.25, 0.3) is 0 Å². The van der Waals surface area contributed by atoms with Gasteiger partial charge in [0.15, 0.2) is 5.78 Å². The molecule has 160 valence electrons. The molecular formula is C24H35FN2O2. The van der Waals surface area contributed by atoms with Crippen molar-refractivity contribution in [2.75, 3.05) is 6.54 Å². The van der Waals surface area contributed by atoms with Gasteiger partial charge >= 0.3 is 0 Å². The number of Topliss-reactive ketones (excluding diaryl/α,β-unsaturated/α-hetero) is 1. The molecule has 2 heterocycles. The molecule has 29 heavy (non-hydrogen) atoms. The van der Waals surface area contributed by atoms with Gasteiger partial charge in [-0.3, -0.25) is 14.5 Å². The van der Waals surface area contributed by atoms with Crippen molar-refractivity contribution < 1.29 is 14.0 Å². The lowest BCUT2D eigenvalue weighted by Gasteiger charge is -2.39. The molecule has 0 aliphatic carbocycles. The summed E-state index contributed by atoms with van der Waals surface area (Å²) >= 11 is 0. The Morgan fingerprint density at radius 2 is 1.79 bits per heavy atom. The van der Waals surface area contributed by atoms with Gasteiger partial charge in [-0.25, -0.2) is 4.39 Å². The van der Waals surface area contributed by atoms with Crippen molar-refractivity contribution in [1.29, 1.82) is 0 Å². The number of piperidine rings is 1. The van der Waals surface area contributed by atoms with Gasteiger partial charge in [-0.05, 0) is 95.9 Å². The lowest BCUT2D eigenvalue weighted by molar-refractivity contribution is -0.125. The van der Waals surface area contributed by atoms with E-state index in [1.807, 2.05) is 27.7 Å². The van der Waals surface area contributed by atoms with Crippen molar-refractivity contribution in [2.45, 2.75) is 90.3 Å². The Bertz CT molecular complexity index is 721. The van der Waals surface area contributed by atoms with Crippen LogP contribution in [0.3, 0.4) is 0 Å². The van der Waals surface area contributed by atoms with Crippen LogP contribution in [-0.4, -0.2) is 40.8 Å². The van der Waals surface area contributed by atoms with Crippen LogP contribution in [0.25, 0.3) is 0 Å². The average molecular weight is 403 g/mol. The third kappa shape index (κ3) is 6.11. The van der Waals surface area contributed by atoms with Crippen LogP contribution in [-0.2, 0) is 4.79 Å². The first-order valence-corrected chi connectivity index (χ1v) is 11.0. The fraction of sp³-hybridized carbons (Fsp3) is 0.667. The quantitative estimate of drug-likeness (QED) is 0.676. The summed E-state index contributed by atoms with van der Waals surface area (Å²) in [6, 6.07) is 5.54. The number of fused-ring (bicyclic) bond motifs is 2. The second-order valence-corrected chi connectivity index (χ2v) is 10.0. The molecule has 0 saturated carbocycles. The standard InChI is InChI=1S/C24H35FN2O2/c1-16-10-18(14-19(25)11-16)22(28)7-5-6-17-12-20-8-9-21(13-17)27(20)15-23(29)26-24(2,3)4/h10-11,14,17,20-21H,5-9,12-13,15H2,1-4H3,(H,26,29)/t17?,20-,21+. The van der Waals surface area contributed by atoms with Gasteiger partial charge in [-0.1, -0.05) is 0 Å². The van der Waals surface area contributed by atoms with Crippen molar-refractivity contribution in [3.05, 3.63) is 35.1 Å². The van der Waals surface area contributed by atoms with Crippen LogP contribution in [0.1, 0.15) is 81.6 Å². The number of hydrogen-bond acceptors (Lipinski definition) is 3. The number of carbonyl (C=O) groups is 2. The zero-order valence-electron chi connectivity index (χ0n) is 18.3. The van der Waals surface area contributed by atoms with E-state index in [2.05, 4.69) is 10.2 Å². The minimum Gasteiger partial charge on any atom is -0.350 e. The molecule has 0 aromatic heterocycles. The van der Waals surface area contributed by atoms with Crippen molar-refractivity contribution in [3.63, 3.8) is 0 Å². The first-order chi connectivity index (χ1) is 13.6. The molecule has 2 fully saturated rings. The van der Waals surface area contributed by atoms with Gasteiger partial charge in [0.05, 0.1) is 6.54 Å². The molecule has 5 heteroatoms. The molecule has 1 amide bonds. The van der Waals surface area contributed by atoms with Crippen LogP contribution < -0.4 is 5.32 Å². The Kier molecular flexibility index (Phi) is 6.77. The minimum atomic E-state index is -0.340. The smallest absolute Gasteiger partial charge is 0.234 e. The Balaban J connectivity index is 1.45. The van der Waals surface area contributed by atoms with E-state index in [0.29, 0.717) is 36.5 Å². The zero-order valence-corrected chi connectivity index (χ0v) is 18.3. The molecule has 1 aromatic carbocycles. The van der Waals surface area contributed by atoms with Crippen molar-refractivity contribution in [3.8, 4) is 0 Å². The molecule has 3 atom stereocenters. The van der Waals surface area contributed by atoms with Gasteiger partial charge < -0.3 is 5.32 Å². The number of rotatable bonds is 7. The fourth-order valence-corrected chi connectivity index (χ4v) is 5.10. The first kappa shape index (κ1) is 21.9. The number of halogens is 1. The summed E-state index contributed by atoms with van der Waals surface area (Å²) in [6.45, 7) is 8.34. The van der Waals surface area contributed by atoms with Crippen molar-refractivity contribution in [2.24, 2.45) is 5.92 Å². The summed E-state index contributed by atoms with van der Waals surface area (Å²) in [6.07, 6.45) is 6.94. The molecule has 2 bridgehead atoms. The topological polar surface area (TPSA) is 49.4 Å². The van der Waals surface area contributed by atoms with E-state index >= 15 is 0 Å². The van der Waals surface area contributed by atoms with Crippen LogP contribution in [0, 0.1) is 18.7 Å². The summed E-state index contributed by atoms with van der Waals surface area (Å²) in [7, 11) is 0. The Labute approximate surface area is 174 Å². The van der Waals surface area contributed by atoms with Gasteiger partial charge in [-0.15, -0.1) is 0 Å². The van der Waals surface area contributed by atoms with Gasteiger partial charge in [0, 0.05) is 29.6 Å². The monoisotopic (exact) mass is 402 g/mol. The van der Waals surface area contributed by atoms with Gasteiger partial charge in [-0.2, -0.15) is 0 Å². The molecule has 2 aliphatic heterocycles. The summed E-state index contributed by atoms with van der Waals surface area (Å²) in [5.74, 6) is 0.431. The van der Waals surface area contributed by atoms with E-state index in [-0.39, 0.29) is 23.0 Å². The van der Waals surface area contributed by atoms with Crippen LogP contribution in [0.15, 0.2) is 18.2 Å². The van der Waals surface area contributed by atoms with Crippen LogP contribution >= 0.6 is 0 Å². The normalized spacial score (nSPS) is 24.5. The maximum Gasteiger partial charge on any atom is 0.234 e. The van der Waals surface area contributed by atoms with Crippen LogP contribution in [0.4, 0.5) is 4.39 Å². The maximum atomic E-state index is 13.5. The van der Waals surface area contributed by atoms with E-state index in [9.17, 15) is 14.0 Å². The summed E-state index contributed by atoms with van der Waals surface area (Å²) in [5.41, 5.74) is 1.08. The Morgan fingerprint density at radius 3 is 2.38 bits per heavy atom. The highest BCUT2D eigenvalue weighted by molar-refractivity contribution is 5.96. The summed E-state index contributed by atoms with van der Waals surface area (Å²) in [5, 5.41) is 3.07. The predicted molar refractivity (Wildman–Crippen MR) is 113 cm³/mol. The predicted octanol–water partition coefficient (Wildman–Crippen LogP) is 4.64. The number of amides is 1. The molecule has 3 rings (SSSR count). The van der Waals surface area contributed by atoms with Crippen molar-refractivity contribution in [1.82, 2.24) is 10.2 Å². The molecule has 1 N–H and O–H groups in total. The number of nitrogens with zero attached hydrogens (tertiary/aromatic N) is 1. The SMILES string of the molecule is Cc1cc(F)cc(C(=O)CCCC2C[C@H]3CC[C@@H](C2)N3CC(=O)NC(C)(C)C)c1. The highest BCUT2D eigenvalue weighted by Gasteiger charge is 2.41. The van der Waals surface area contributed by atoms with E-state index in [4.69, 9.17) is 0 Å². The third-order valence-corrected chi connectivity index (χ3v) is 6.20. The molecule has 0 spiro atoms.